The lowest BCUT2D eigenvalue weighted by Crippen LogP contribution is -2.20. The van der Waals surface area contributed by atoms with Crippen LogP contribution in [0, 0.1) is 0 Å². The van der Waals surface area contributed by atoms with Gasteiger partial charge in [-0.05, 0) is 18.2 Å². The largest absolute Gasteiger partial charge is 0.495 e. The highest BCUT2D eigenvalue weighted by Gasteiger charge is 2.27. The molecule has 0 saturated carbocycles. The molecule has 3 N–H and O–H groups in total. The summed E-state index contributed by atoms with van der Waals surface area (Å²) < 4.78 is 44.7. The normalized spacial score (nSPS) is 11.2. The Bertz CT molecular complexity index is 464. The van der Waals surface area contributed by atoms with Crippen molar-refractivity contribution >= 4 is 17.3 Å². The van der Waals surface area contributed by atoms with Crippen molar-refractivity contribution in [2.45, 2.75) is 12.6 Å². The van der Waals surface area contributed by atoms with Gasteiger partial charge >= 0.3 is 6.18 Å². The molecule has 0 aromatic heterocycles. The highest BCUT2D eigenvalue weighted by Crippen LogP contribution is 2.24. The van der Waals surface area contributed by atoms with Gasteiger partial charge in [0.25, 0.3) is 0 Å². The van der Waals surface area contributed by atoms with Crippen LogP contribution in [-0.4, -0.2) is 32.4 Å². The lowest BCUT2D eigenvalue weighted by Gasteiger charge is -2.09. The van der Waals surface area contributed by atoms with E-state index >= 15 is 0 Å². The third-order valence-electron chi connectivity index (χ3n) is 2.25. The van der Waals surface area contributed by atoms with Crippen LogP contribution in [0.1, 0.15) is 6.42 Å². The number of methoxy groups -OCH3 is 1. The number of hydrogen-bond acceptors (Lipinski definition) is 4. The quantitative estimate of drug-likeness (QED) is 0.622. The maximum atomic E-state index is 11.8. The number of nitrogen functional groups attached to an aromatic ring is 1. The number of nitrogens with two attached hydrogens (primary N) is 1. The minimum absolute atomic E-state index is 0.179. The average Bonchev–Trinajstić information content (AvgIpc) is 2.34. The molecule has 8 heteroatoms. The SMILES string of the molecule is COc1ccc(NC(=O)CCOCC(F)(F)F)cc1N. The lowest BCUT2D eigenvalue weighted by atomic mass is 10.2. The van der Waals surface area contributed by atoms with Crippen LogP contribution in [0.25, 0.3) is 0 Å². The van der Waals surface area contributed by atoms with E-state index in [4.69, 9.17) is 10.5 Å². The van der Waals surface area contributed by atoms with Crippen LogP contribution < -0.4 is 15.8 Å². The predicted octanol–water partition coefficient (Wildman–Crippen LogP) is 2.18. The fourth-order valence-corrected chi connectivity index (χ4v) is 1.39. The molecule has 0 spiro atoms. The first-order valence-corrected chi connectivity index (χ1v) is 5.69. The maximum Gasteiger partial charge on any atom is 0.411 e. The zero-order valence-electron chi connectivity index (χ0n) is 10.8. The summed E-state index contributed by atoms with van der Waals surface area (Å²) in [7, 11) is 1.46. The number of rotatable bonds is 6. The Hall–Kier alpha value is -1.96. The van der Waals surface area contributed by atoms with Crippen LogP contribution in [-0.2, 0) is 9.53 Å². The number of carbonyl (C=O) groups is 1. The van der Waals surface area contributed by atoms with Crippen LogP contribution in [0.5, 0.6) is 5.75 Å². The molecule has 1 amide bonds. The summed E-state index contributed by atoms with van der Waals surface area (Å²) in [6, 6.07) is 4.64. The van der Waals surface area contributed by atoms with Gasteiger partial charge in [0, 0.05) is 5.69 Å². The molecule has 0 heterocycles. The molecule has 1 aromatic rings. The van der Waals surface area contributed by atoms with E-state index < -0.39 is 18.7 Å². The van der Waals surface area contributed by atoms with Gasteiger partial charge in [0.05, 0.1) is 25.8 Å². The molecule has 0 unspecified atom stereocenters. The molecule has 112 valence electrons. The van der Waals surface area contributed by atoms with E-state index in [1.165, 1.54) is 13.2 Å². The van der Waals surface area contributed by atoms with Gasteiger partial charge in [-0.1, -0.05) is 0 Å². The molecule has 0 bridgehead atoms. The number of anilines is 2. The van der Waals surface area contributed by atoms with Crippen molar-refractivity contribution in [3.63, 3.8) is 0 Å². The molecule has 0 atom stereocenters. The summed E-state index contributed by atoms with van der Waals surface area (Å²) >= 11 is 0. The molecule has 0 saturated heterocycles. The Morgan fingerprint density at radius 2 is 2.10 bits per heavy atom. The highest BCUT2D eigenvalue weighted by molar-refractivity contribution is 5.91. The van der Waals surface area contributed by atoms with Crippen molar-refractivity contribution in [3.05, 3.63) is 18.2 Å². The van der Waals surface area contributed by atoms with Crippen molar-refractivity contribution in [1.82, 2.24) is 0 Å². The van der Waals surface area contributed by atoms with Gasteiger partial charge in [0.2, 0.25) is 5.91 Å². The first-order chi connectivity index (χ1) is 9.31. The van der Waals surface area contributed by atoms with Crippen LogP contribution in [0.2, 0.25) is 0 Å². The third-order valence-corrected chi connectivity index (χ3v) is 2.25. The molecule has 0 aliphatic heterocycles. The minimum atomic E-state index is -4.39. The van der Waals surface area contributed by atoms with Crippen LogP contribution >= 0.6 is 0 Å². The first-order valence-electron chi connectivity index (χ1n) is 5.69. The fourth-order valence-electron chi connectivity index (χ4n) is 1.39. The van der Waals surface area contributed by atoms with E-state index in [1.54, 1.807) is 12.1 Å². The van der Waals surface area contributed by atoms with E-state index in [9.17, 15) is 18.0 Å². The van der Waals surface area contributed by atoms with Gasteiger partial charge in [0.1, 0.15) is 12.4 Å². The van der Waals surface area contributed by atoms with E-state index in [0.717, 1.165) is 0 Å². The maximum absolute atomic E-state index is 11.8. The Morgan fingerprint density at radius 1 is 1.40 bits per heavy atom. The molecule has 1 rings (SSSR count). The molecule has 0 aliphatic rings. The van der Waals surface area contributed by atoms with E-state index in [1.807, 2.05) is 0 Å². The molecule has 1 aromatic carbocycles. The Balaban J connectivity index is 2.37. The van der Waals surface area contributed by atoms with Crippen LogP contribution in [0.4, 0.5) is 24.5 Å². The Labute approximate surface area is 113 Å². The van der Waals surface area contributed by atoms with Crippen molar-refractivity contribution in [3.8, 4) is 5.75 Å². The molecule has 0 radical (unpaired) electrons. The lowest BCUT2D eigenvalue weighted by molar-refractivity contribution is -0.174. The zero-order valence-corrected chi connectivity index (χ0v) is 10.8. The number of alkyl halides is 3. The van der Waals surface area contributed by atoms with E-state index in [0.29, 0.717) is 17.1 Å². The van der Waals surface area contributed by atoms with E-state index in [2.05, 4.69) is 10.1 Å². The summed E-state index contributed by atoms with van der Waals surface area (Å²) in [6.45, 7) is -1.67. The van der Waals surface area contributed by atoms with Gasteiger partial charge in [-0.3, -0.25) is 4.79 Å². The average molecular weight is 292 g/mol. The summed E-state index contributed by atoms with van der Waals surface area (Å²) in [5.41, 5.74) is 6.43. The predicted molar refractivity (Wildman–Crippen MR) is 67.5 cm³/mol. The summed E-state index contributed by atoms with van der Waals surface area (Å²) in [4.78, 5) is 11.5. The number of benzene rings is 1. The smallest absolute Gasteiger partial charge is 0.411 e. The van der Waals surface area contributed by atoms with Gasteiger partial charge < -0.3 is 20.5 Å². The minimum Gasteiger partial charge on any atom is -0.495 e. The second kappa shape index (κ2) is 6.99. The summed E-state index contributed by atoms with van der Waals surface area (Å²) in [5.74, 6) is 0.00764. The molecular formula is C12H15F3N2O3. The van der Waals surface area contributed by atoms with Crippen molar-refractivity contribution in [2.24, 2.45) is 0 Å². The van der Waals surface area contributed by atoms with Crippen molar-refractivity contribution in [1.29, 1.82) is 0 Å². The Morgan fingerprint density at radius 3 is 2.65 bits per heavy atom. The molecule has 0 fully saturated rings. The van der Waals surface area contributed by atoms with Crippen molar-refractivity contribution < 1.29 is 27.4 Å². The first kappa shape index (κ1) is 16.1. The Kier molecular flexibility index (Phi) is 5.63. The fraction of sp³-hybridized carbons (Fsp3) is 0.417. The van der Waals surface area contributed by atoms with Crippen LogP contribution in [0.15, 0.2) is 18.2 Å². The third kappa shape index (κ3) is 5.79. The molecule has 20 heavy (non-hydrogen) atoms. The number of halogens is 3. The number of hydrogen-bond donors (Lipinski definition) is 2. The molecule has 5 nitrogen and oxygen atoms in total. The summed E-state index contributed by atoms with van der Waals surface area (Å²) in [5, 5.41) is 2.50. The topological polar surface area (TPSA) is 73.6 Å². The van der Waals surface area contributed by atoms with Crippen molar-refractivity contribution in [2.75, 3.05) is 31.4 Å². The summed E-state index contributed by atoms with van der Waals surface area (Å²) in [6.07, 6.45) is -4.57. The van der Waals surface area contributed by atoms with Gasteiger partial charge in [-0.25, -0.2) is 0 Å². The van der Waals surface area contributed by atoms with Gasteiger partial charge in [0.15, 0.2) is 0 Å². The van der Waals surface area contributed by atoms with Gasteiger partial charge in [-0.2, -0.15) is 13.2 Å². The standard InChI is InChI=1S/C12H15F3N2O3/c1-19-10-3-2-8(6-9(10)16)17-11(18)4-5-20-7-12(13,14)15/h2-3,6H,4-5,7,16H2,1H3,(H,17,18). The van der Waals surface area contributed by atoms with Gasteiger partial charge in [-0.15, -0.1) is 0 Å². The number of amides is 1. The molecular weight excluding hydrogens is 277 g/mol. The number of ether oxygens (including phenoxy) is 2. The van der Waals surface area contributed by atoms with E-state index in [-0.39, 0.29) is 13.0 Å². The zero-order chi connectivity index (χ0) is 15.2. The highest BCUT2D eigenvalue weighted by atomic mass is 19.4. The second-order valence-electron chi connectivity index (χ2n) is 3.92. The second-order valence-corrected chi connectivity index (χ2v) is 3.92. The van der Waals surface area contributed by atoms with Crippen LogP contribution in [0.3, 0.4) is 0 Å². The number of carbonyl (C=O) groups excluding carboxylic acids is 1. The molecule has 0 aliphatic carbocycles. The monoisotopic (exact) mass is 292 g/mol. The number of nitrogens with one attached hydrogen (secondary N) is 1.